The lowest BCUT2D eigenvalue weighted by Gasteiger charge is -2.32. The van der Waals surface area contributed by atoms with E-state index in [1.165, 1.54) is 27.0 Å². The van der Waals surface area contributed by atoms with E-state index in [4.69, 9.17) is 4.74 Å². The Hall–Kier alpha value is -2.90. The molecular weight excluding hydrogens is 422 g/mol. The molecule has 1 aliphatic carbocycles. The molecule has 6 rings (SSSR count). The van der Waals surface area contributed by atoms with Crippen molar-refractivity contribution in [2.45, 2.75) is 37.8 Å². The Bertz CT molecular complexity index is 1450. The molecule has 3 atom stereocenters. The van der Waals surface area contributed by atoms with Gasteiger partial charge >= 0.3 is 5.69 Å². The van der Waals surface area contributed by atoms with Crippen molar-refractivity contribution >= 4 is 31.6 Å². The summed E-state index contributed by atoms with van der Waals surface area (Å²) >= 11 is 1.45. The summed E-state index contributed by atoms with van der Waals surface area (Å²) in [6.45, 7) is 1.38. The molecule has 0 saturated carbocycles. The number of aromatic nitrogens is 2. The van der Waals surface area contributed by atoms with Crippen LogP contribution < -0.4 is 21.3 Å². The number of methoxy groups -OCH3 is 1. The Morgan fingerprint density at radius 3 is 2.91 bits per heavy atom. The predicted octanol–water partition coefficient (Wildman–Crippen LogP) is 3.62. The van der Waals surface area contributed by atoms with Crippen LogP contribution in [-0.4, -0.2) is 29.2 Å². The third-order valence-electron chi connectivity index (χ3n) is 7.27. The molecule has 2 aromatic carbocycles. The van der Waals surface area contributed by atoms with Gasteiger partial charge in [0.2, 0.25) is 0 Å². The lowest BCUT2D eigenvalue weighted by Crippen LogP contribution is -2.37. The van der Waals surface area contributed by atoms with Gasteiger partial charge in [0.05, 0.1) is 12.6 Å². The molecule has 6 nitrogen and oxygen atoms in total. The third kappa shape index (κ3) is 2.95. The van der Waals surface area contributed by atoms with E-state index in [1.807, 2.05) is 30.3 Å². The highest BCUT2D eigenvalue weighted by atomic mass is 32.1. The molecule has 2 aliphatic rings. The van der Waals surface area contributed by atoms with E-state index >= 15 is 0 Å². The van der Waals surface area contributed by atoms with Gasteiger partial charge in [-0.25, -0.2) is 4.79 Å². The van der Waals surface area contributed by atoms with E-state index in [0.29, 0.717) is 28.6 Å². The van der Waals surface area contributed by atoms with Crippen molar-refractivity contribution in [3.8, 4) is 5.75 Å². The molecule has 1 unspecified atom stereocenters. The van der Waals surface area contributed by atoms with Crippen molar-refractivity contribution in [1.29, 1.82) is 0 Å². The molecule has 3 heterocycles. The third-order valence-corrected chi connectivity index (χ3v) is 8.43. The van der Waals surface area contributed by atoms with Gasteiger partial charge in [-0.15, -0.1) is 11.3 Å². The zero-order valence-corrected chi connectivity index (χ0v) is 18.7. The first-order valence-electron chi connectivity index (χ1n) is 11.2. The number of nitrogens with one attached hydrogen (secondary N) is 2. The van der Waals surface area contributed by atoms with Crippen LogP contribution in [0.3, 0.4) is 0 Å². The largest absolute Gasteiger partial charge is 0.496 e. The van der Waals surface area contributed by atoms with Crippen molar-refractivity contribution in [3.63, 3.8) is 0 Å². The number of aromatic amines is 1. The molecule has 2 N–H and O–H groups in total. The summed E-state index contributed by atoms with van der Waals surface area (Å²) in [7, 11) is 1.73. The fourth-order valence-electron chi connectivity index (χ4n) is 5.78. The molecule has 4 aromatic rings. The number of hydrogen-bond donors (Lipinski definition) is 2. The minimum Gasteiger partial charge on any atom is -0.496 e. The van der Waals surface area contributed by atoms with Crippen LogP contribution in [0.1, 0.15) is 29.9 Å². The van der Waals surface area contributed by atoms with Crippen LogP contribution in [0.15, 0.2) is 52.1 Å². The van der Waals surface area contributed by atoms with Crippen LogP contribution >= 0.6 is 11.3 Å². The fourth-order valence-corrected chi connectivity index (χ4v) is 6.89. The standard InChI is InChI=1S/C25H25N3O3S/c1-31-19-7-4-6-16-15(19)10-9-14-13-26-18(21(14)16)11-12-28-24(29)23-22(27-25(28)30)17-5-2-3-8-20(17)32-23/h2-8,14,18,21,26H,9-13H2,1H3,(H,27,30)/t14-,18?,21+/m0/s1. The maximum absolute atomic E-state index is 13.2. The van der Waals surface area contributed by atoms with Gasteiger partial charge in [-0.3, -0.25) is 9.36 Å². The number of nitrogens with zero attached hydrogens (tertiary/aromatic N) is 1. The van der Waals surface area contributed by atoms with Crippen LogP contribution in [0.5, 0.6) is 5.75 Å². The number of H-pyrrole nitrogens is 1. The van der Waals surface area contributed by atoms with E-state index in [1.54, 1.807) is 7.11 Å². The molecule has 0 amide bonds. The number of benzene rings is 2. The van der Waals surface area contributed by atoms with E-state index in [-0.39, 0.29) is 17.3 Å². The molecule has 7 heteroatoms. The van der Waals surface area contributed by atoms with Gasteiger partial charge in [0, 0.05) is 28.6 Å². The van der Waals surface area contributed by atoms with Crippen LogP contribution in [0.4, 0.5) is 0 Å². The van der Waals surface area contributed by atoms with E-state index in [0.717, 1.165) is 41.6 Å². The van der Waals surface area contributed by atoms with Gasteiger partial charge in [-0.1, -0.05) is 30.3 Å². The Labute approximate surface area is 188 Å². The maximum Gasteiger partial charge on any atom is 0.328 e. The van der Waals surface area contributed by atoms with Crippen molar-refractivity contribution in [2.75, 3.05) is 13.7 Å². The number of fused-ring (bicyclic) bond motifs is 6. The van der Waals surface area contributed by atoms with Gasteiger partial charge in [-0.05, 0) is 55.0 Å². The van der Waals surface area contributed by atoms with Gasteiger partial charge in [0.25, 0.3) is 5.56 Å². The zero-order valence-electron chi connectivity index (χ0n) is 17.9. The highest BCUT2D eigenvalue weighted by molar-refractivity contribution is 7.25. The second-order valence-electron chi connectivity index (χ2n) is 8.85. The predicted molar refractivity (Wildman–Crippen MR) is 128 cm³/mol. The number of ether oxygens (including phenoxy) is 1. The summed E-state index contributed by atoms with van der Waals surface area (Å²) < 4.78 is 8.63. The molecule has 0 bridgehead atoms. The quantitative estimate of drug-likeness (QED) is 0.501. The summed E-state index contributed by atoms with van der Waals surface area (Å²) in [5, 5.41) is 4.61. The van der Waals surface area contributed by atoms with E-state index in [2.05, 4.69) is 22.4 Å². The molecule has 2 aromatic heterocycles. The molecule has 164 valence electrons. The van der Waals surface area contributed by atoms with E-state index in [9.17, 15) is 9.59 Å². The number of hydrogen-bond acceptors (Lipinski definition) is 5. The minimum atomic E-state index is -0.327. The molecule has 0 radical (unpaired) electrons. The fraction of sp³-hybridized carbons (Fsp3) is 0.360. The lowest BCUT2D eigenvalue weighted by atomic mass is 9.73. The molecule has 1 fully saturated rings. The van der Waals surface area contributed by atoms with Crippen molar-refractivity contribution in [2.24, 2.45) is 5.92 Å². The number of thiophene rings is 1. The summed E-state index contributed by atoms with van der Waals surface area (Å²) in [5.74, 6) is 1.94. The summed E-state index contributed by atoms with van der Waals surface area (Å²) in [4.78, 5) is 29.0. The summed E-state index contributed by atoms with van der Waals surface area (Å²) in [5.41, 5.74) is 2.81. The van der Waals surface area contributed by atoms with Crippen LogP contribution in [0.25, 0.3) is 20.3 Å². The van der Waals surface area contributed by atoms with Crippen LogP contribution in [0, 0.1) is 5.92 Å². The first kappa shape index (κ1) is 19.8. The molecular formula is C25H25N3O3S. The highest BCUT2D eigenvalue weighted by Gasteiger charge is 2.40. The first-order valence-corrected chi connectivity index (χ1v) is 12.0. The normalized spacial score (nSPS) is 22.2. The summed E-state index contributed by atoms with van der Waals surface area (Å²) in [6.07, 6.45) is 2.91. The van der Waals surface area contributed by atoms with Crippen molar-refractivity contribution < 1.29 is 4.74 Å². The zero-order chi connectivity index (χ0) is 21.8. The van der Waals surface area contributed by atoms with Crippen LogP contribution in [0.2, 0.25) is 0 Å². The Morgan fingerprint density at radius 2 is 2.03 bits per heavy atom. The van der Waals surface area contributed by atoms with Crippen LogP contribution in [-0.2, 0) is 13.0 Å². The topological polar surface area (TPSA) is 76.1 Å². The van der Waals surface area contributed by atoms with Crippen molar-refractivity contribution in [3.05, 3.63) is 74.4 Å². The monoisotopic (exact) mass is 447 g/mol. The average Bonchev–Trinajstić information content (AvgIpc) is 3.40. The van der Waals surface area contributed by atoms with Gasteiger partial charge in [0.15, 0.2) is 0 Å². The van der Waals surface area contributed by atoms with Crippen molar-refractivity contribution in [1.82, 2.24) is 14.9 Å². The highest BCUT2D eigenvalue weighted by Crippen LogP contribution is 2.45. The smallest absolute Gasteiger partial charge is 0.328 e. The van der Waals surface area contributed by atoms with E-state index < -0.39 is 0 Å². The Morgan fingerprint density at radius 1 is 1.16 bits per heavy atom. The summed E-state index contributed by atoms with van der Waals surface area (Å²) in [6, 6.07) is 14.4. The molecule has 1 aliphatic heterocycles. The molecule has 32 heavy (non-hydrogen) atoms. The van der Waals surface area contributed by atoms with Gasteiger partial charge in [-0.2, -0.15) is 0 Å². The van der Waals surface area contributed by atoms with Gasteiger partial charge in [0.1, 0.15) is 10.4 Å². The van der Waals surface area contributed by atoms with Gasteiger partial charge < -0.3 is 15.0 Å². The molecule has 0 spiro atoms. The SMILES string of the molecule is COc1cccc2c1CC[C@H]1CNC(CCn3c(=O)[nH]c4c(sc5ccccc54)c3=O)[C@@H]21. The first-order chi connectivity index (χ1) is 15.7. The Kier molecular flexibility index (Phi) is 4.69. The second kappa shape index (κ2) is 7.60. The lowest BCUT2D eigenvalue weighted by molar-refractivity contribution is 0.371. The Balaban J connectivity index is 1.33. The second-order valence-corrected chi connectivity index (χ2v) is 9.90. The number of rotatable bonds is 4. The maximum atomic E-state index is 13.2. The average molecular weight is 448 g/mol. The minimum absolute atomic E-state index is 0.190. The molecule has 1 saturated heterocycles.